The molecule has 0 aromatic heterocycles. The fourth-order valence-electron chi connectivity index (χ4n) is 11.2. The van der Waals surface area contributed by atoms with Crippen molar-refractivity contribution < 1.29 is 102 Å². The average Bonchev–Trinajstić information content (AvgIpc) is 1.68. The van der Waals surface area contributed by atoms with Crippen molar-refractivity contribution in [3.8, 4) is 33.8 Å². The number of halogens is 1. The minimum atomic E-state index is -2.34. The van der Waals surface area contributed by atoms with Crippen LogP contribution in [-0.4, -0.2) is 235 Å². The Hall–Kier alpha value is -8.19. The van der Waals surface area contributed by atoms with Gasteiger partial charge in [-0.2, -0.15) is 4.39 Å². The van der Waals surface area contributed by atoms with Gasteiger partial charge in [-0.3, -0.25) is 42.8 Å². The largest absolute Gasteiger partial charge is 0.508 e. The number of likely N-dealkylation sites (N-methyl/N-ethyl adjacent to an activating group) is 1. The van der Waals surface area contributed by atoms with Crippen LogP contribution in [-0.2, 0) is 43.0 Å². The second-order valence-corrected chi connectivity index (χ2v) is 24.6. The number of quaternary nitrogens is 1. The molecule has 1 unspecified atom stereocenters. The Morgan fingerprint density at radius 1 is 0.688 bits per heavy atom. The molecule has 93 heavy (non-hydrogen) atoms. The van der Waals surface area contributed by atoms with Gasteiger partial charge in [0.2, 0.25) is 42.2 Å². The van der Waals surface area contributed by atoms with E-state index in [1.165, 1.54) is 45.3 Å². The molecule has 3 saturated heterocycles. The fourth-order valence-corrected chi connectivity index (χ4v) is 11.2. The lowest BCUT2D eigenvalue weighted by atomic mass is 9.96. The Balaban J connectivity index is 1.27. The Labute approximate surface area is 537 Å². The molecular formula is C65H86FN8O19+. The van der Waals surface area contributed by atoms with E-state index in [4.69, 9.17) is 14.2 Å². The van der Waals surface area contributed by atoms with E-state index in [0.717, 1.165) is 84.4 Å². The fraction of sp³-hybridized carbons (Fsp3) is 0.508. The third-order valence-corrected chi connectivity index (χ3v) is 16.8. The van der Waals surface area contributed by atoms with E-state index in [0.29, 0.717) is 12.2 Å². The molecule has 3 heterocycles. The number of aliphatic hydroxyl groups excluding tert-OH is 7. The molecule has 27 nitrogen and oxygen atoms in total. The zero-order valence-corrected chi connectivity index (χ0v) is 52.8. The molecule has 16 atom stereocenters. The van der Waals surface area contributed by atoms with Crippen molar-refractivity contribution >= 4 is 47.3 Å². The highest BCUT2D eigenvalue weighted by atomic mass is 19.1. The Kier molecular flexibility index (Phi) is 24.9. The van der Waals surface area contributed by atoms with E-state index >= 15 is 0 Å². The van der Waals surface area contributed by atoms with Gasteiger partial charge in [0, 0.05) is 44.3 Å². The Morgan fingerprint density at radius 2 is 1.23 bits per heavy atom. The molecule has 506 valence electrons. The van der Waals surface area contributed by atoms with Crippen molar-refractivity contribution in [3.05, 3.63) is 108 Å². The van der Waals surface area contributed by atoms with Crippen molar-refractivity contribution in [2.24, 2.45) is 5.92 Å². The van der Waals surface area contributed by atoms with E-state index in [2.05, 4.69) is 33.5 Å². The van der Waals surface area contributed by atoms with Crippen molar-refractivity contribution in [1.29, 1.82) is 0 Å². The van der Waals surface area contributed by atoms with Crippen LogP contribution in [0.25, 0.3) is 22.3 Å². The van der Waals surface area contributed by atoms with Gasteiger partial charge in [-0.05, 0) is 84.5 Å². The smallest absolute Gasteiger partial charge is 0.307 e. The van der Waals surface area contributed by atoms with E-state index in [9.17, 15) is 83.6 Å². The molecule has 7 amide bonds. The molecular weight excluding hydrogens is 1220 g/mol. The second-order valence-electron chi connectivity index (χ2n) is 24.6. The number of carbonyl (C=O) groups is 8. The first kappa shape index (κ1) is 72.2. The van der Waals surface area contributed by atoms with Crippen LogP contribution in [0.3, 0.4) is 0 Å². The third-order valence-electron chi connectivity index (χ3n) is 16.8. The first-order valence-corrected chi connectivity index (χ1v) is 30.8. The molecule has 0 aliphatic carbocycles. The summed E-state index contributed by atoms with van der Waals surface area (Å²) >= 11 is 0. The maximum absolute atomic E-state index is 14.9. The molecule has 0 radical (unpaired) electrons. The summed E-state index contributed by atoms with van der Waals surface area (Å²) in [5.74, 6) is -9.95. The van der Waals surface area contributed by atoms with Gasteiger partial charge in [-0.1, -0.05) is 87.4 Å². The number of fused-ring (bicyclic) bond motifs is 2. The third kappa shape index (κ3) is 18.1. The van der Waals surface area contributed by atoms with Crippen LogP contribution >= 0.6 is 0 Å². The average molecular weight is 1300 g/mol. The molecule has 4 aromatic rings. The monoisotopic (exact) mass is 1300 g/mol. The first-order valence-electron chi connectivity index (χ1n) is 30.8. The number of phenolic OH excluding ortho intramolecular Hbond substituents is 1. The number of ether oxygens (including phenoxy) is 3. The van der Waals surface area contributed by atoms with E-state index in [1.807, 2.05) is 48.5 Å². The highest BCUT2D eigenvalue weighted by molar-refractivity contribution is 6.00. The van der Waals surface area contributed by atoms with Gasteiger partial charge in [0.15, 0.2) is 6.23 Å². The molecule has 0 saturated carbocycles. The summed E-state index contributed by atoms with van der Waals surface area (Å²) in [5.41, 5.74) is 3.19. The summed E-state index contributed by atoms with van der Waals surface area (Å²) in [4.78, 5) is 117. The zero-order valence-electron chi connectivity index (χ0n) is 52.8. The molecule has 13 N–H and O–H groups in total. The number of aliphatic hydroxyl groups is 7. The summed E-state index contributed by atoms with van der Waals surface area (Å²) in [5, 5.41) is 103. The van der Waals surface area contributed by atoms with Crippen molar-refractivity contribution in [1.82, 2.24) is 36.4 Å². The van der Waals surface area contributed by atoms with Crippen LogP contribution in [0, 0.1) is 5.92 Å². The number of hydrogen-bond acceptors (Lipinski definition) is 19. The summed E-state index contributed by atoms with van der Waals surface area (Å²) in [6, 6.07) is 14.1. The van der Waals surface area contributed by atoms with Crippen LogP contribution in [0.5, 0.6) is 11.5 Å². The number of benzene rings is 4. The van der Waals surface area contributed by atoms with Gasteiger partial charge in [-0.25, -0.2) is 0 Å². The minimum Gasteiger partial charge on any atom is -0.508 e. The molecule has 4 aromatic carbocycles. The van der Waals surface area contributed by atoms with Crippen LogP contribution < -0.4 is 31.3 Å². The van der Waals surface area contributed by atoms with Gasteiger partial charge >= 0.3 is 5.97 Å². The molecule has 3 fully saturated rings. The Bertz CT molecular complexity index is 3230. The number of carbonyl (C=O) groups excluding carboxylic acids is 8. The van der Waals surface area contributed by atoms with Crippen LogP contribution in [0.4, 0.5) is 4.39 Å². The van der Waals surface area contributed by atoms with E-state index < -0.39 is 188 Å². The second kappa shape index (κ2) is 32.1. The quantitative estimate of drug-likeness (QED) is 0.0182. The lowest BCUT2D eigenvalue weighted by Gasteiger charge is -2.36. The van der Waals surface area contributed by atoms with Crippen LogP contribution in [0.2, 0.25) is 0 Å². The number of unbranched alkanes of at least 4 members (excludes halogenated alkanes) is 2. The van der Waals surface area contributed by atoms with E-state index in [1.54, 1.807) is 12.1 Å². The number of rotatable bonds is 20. The number of alkyl halides is 1. The van der Waals surface area contributed by atoms with Gasteiger partial charge in [0.25, 0.3) is 12.1 Å². The number of esters is 1. The molecule has 7 rings (SSSR count). The number of amides is 7. The van der Waals surface area contributed by atoms with Crippen LogP contribution in [0.15, 0.2) is 97.1 Å². The molecule has 0 bridgehead atoms. The van der Waals surface area contributed by atoms with Crippen molar-refractivity contribution in [2.45, 2.75) is 158 Å². The van der Waals surface area contributed by atoms with Gasteiger partial charge < -0.3 is 91.4 Å². The predicted molar refractivity (Wildman–Crippen MR) is 331 cm³/mol. The molecule has 3 aliphatic heterocycles. The molecule has 0 spiro atoms. The Morgan fingerprint density at radius 3 is 1.77 bits per heavy atom. The van der Waals surface area contributed by atoms with E-state index in [-0.39, 0.29) is 16.9 Å². The van der Waals surface area contributed by atoms with Crippen LogP contribution in [0.1, 0.15) is 88.7 Å². The maximum Gasteiger partial charge on any atom is 0.307 e. The summed E-state index contributed by atoms with van der Waals surface area (Å²) in [7, 11) is 2.64. The first-order chi connectivity index (χ1) is 44.0. The lowest BCUT2D eigenvalue weighted by molar-refractivity contribution is -0.946. The minimum absolute atomic E-state index is 0.0341. The summed E-state index contributed by atoms with van der Waals surface area (Å²) in [6.07, 6.45) is -15.4. The topological polar surface area (TPSA) is 393 Å². The maximum atomic E-state index is 14.9. The number of nitrogens with one attached hydrogen (secondary N) is 5. The SMILES string of the molecule is CCCCCOc1ccc(-c2ccc(-c3ccc(C(=O)N[C@H]4C[C@@H](O)[C@@H](OCC(OC(C)=O)[N+](C)(C)CF)NC(=O)[C@@H]5[C@@H](O)[C@@H](C)CN5C(=O)[C@H]([C@@H](C)O)NC(=O)[C@H]([C@H](O)[C@@H](O)c5ccc(O)cc5)NC(=O)[C@@H]5C[C@@H](O)CN5C(=O)[C@H]([C@@H](C)O)NC4=O)cc3)cc2)cc1. The predicted octanol–water partition coefficient (Wildman–Crippen LogP) is -0.0102. The summed E-state index contributed by atoms with van der Waals surface area (Å²) < 4.78 is 31.2. The molecule has 3 aliphatic rings. The number of aromatic hydroxyl groups is 1. The number of hydrogen-bond donors (Lipinski definition) is 13. The van der Waals surface area contributed by atoms with Crippen molar-refractivity contribution in [2.75, 3.05) is 47.2 Å². The van der Waals surface area contributed by atoms with Gasteiger partial charge in [0.1, 0.15) is 72.7 Å². The molecule has 28 heteroatoms. The standard InChI is InChI=1S/C65H85FN8O19/c1-8-9-10-27-91-46-25-21-41(22-26-46)39-13-11-38(12-14-39)40-15-17-43(18-16-40)58(84)67-47-29-49(80)63(92-32-50(93-37(5)77)74(6,7)33-66)71-62(88)54-55(81)34(2)30-73(54)65(90)52(36(4)76)69-61(87)53(57(83)56(82)42-19-23-44(78)24-20-42)70-60(86)48-28-45(79)31-72(48)64(89)51(35(3)75)68-59(47)85/h11-26,34-36,45,47-57,63,75-76,79-83H,8-10,27-33H2,1-7H3,(H5-,67,68,69,70,71,78,84,85,86,87,88)/p+1/t34-,35+,36+,45+,47-,48-,49+,50?,51-,52-,53-,54-,55-,56-,57-,63+/m0/s1. The zero-order chi connectivity index (χ0) is 68.2. The lowest BCUT2D eigenvalue weighted by Crippen LogP contribution is -2.64. The van der Waals surface area contributed by atoms with Gasteiger partial charge in [0.05, 0.1) is 45.1 Å². The van der Waals surface area contributed by atoms with Gasteiger partial charge in [-0.15, -0.1) is 0 Å². The number of phenols is 1. The normalized spacial score (nSPS) is 26.2. The summed E-state index contributed by atoms with van der Waals surface area (Å²) in [6.45, 7) is 4.36. The van der Waals surface area contributed by atoms with Crippen molar-refractivity contribution in [3.63, 3.8) is 0 Å². The number of nitrogens with zero attached hydrogens (tertiary/aromatic N) is 3. The highest BCUT2D eigenvalue weighted by Gasteiger charge is 2.51. The highest BCUT2D eigenvalue weighted by Crippen LogP contribution is 2.30.